The molecule has 1 aromatic carbocycles. The molecule has 2 heterocycles. The van der Waals surface area contributed by atoms with E-state index in [0.29, 0.717) is 30.3 Å². The van der Waals surface area contributed by atoms with Crippen molar-refractivity contribution in [2.24, 2.45) is 0 Å². The fourth-order valence-corrected chi connectivity index (χ4v) is 3.21. The molecular formula is C21H26N4O5. The van der Waals surface area contributed by atoms with Crippen LogP contribution in [0.15, 0.2) is 35.3 Å². The highest BCUT2D eigenvalue weighted by atomic mass is 16.5. The van der Waals surface area contributed by atoms with Crippen molar-refractivity contribution >= 4 is 11.6 Å². The second-order valence-corrected chi connectivity index (χ2v) is 6.64. The summed E-state index contributed by atoms with van der Waals surface area (Å²) in [6, 6.07) is 7.23. The van der Waals surface area contributed by atoms with Crippen LogP contribution < -0.4 is 15.0 Å². The molecule has 0 fully saturated rings. The van der Waals surface area contributed by atoms with E-state index < -0.39 is 5.97 Å². The van der Waals surface area contributed by atoms with Crippen molar-refractivity contribution in [3.8, 4) is 11.5 Å². The zero-order valence-corrected chi connectivity index (χ0v) is 17.6. The van der Waals surface area contributed by atoms with Gasteiger partial charge in [0.25, 0.3) is 5.56 Å². The highest BCUT2D eigenvalue weighted by molar-refractivity contribution is 5.95. The van der Waals surface area contributed by atoms with Crippen molar-refractivity contribution < 1.29 is 19.0 Å². The molecule has 9 nitrogen and oxygen atoms in total. The molecule has 3 aromatic rings. The van der Waals surface area contributed by atoms with Gasteiger partial charge in [-0.05, 0) is 31.2 Å². The summed E-state index contributed by atoms with van der Waals surface area (Å²) in [4.78, 5) is 31.3. The summed E-state index contributed by atoms with van der Waals surface area (Å²) in [6.45, 7) is 5.83. The lowest BCUT2D eigenvalue weighted by atomic mass is 10.2. The fourth-order valence-electron chi connectivity index (χ4n) is 3.21. The summed E-state index contributed by atoms with van der Waals surface area (Å²) in [6.07, 6.45) is 1.44. The summed E-state index contributed by atoms with van der Waals surface area (Å²) in [5, 5.41) is 2.76. The minimum atomic E-state index is -0.516. The second kappa shape index (κ2) is 9.45. The predicted octanol–water partition coefficient (Wildman–Crippen LogP) is 2.24. The van der Waals surface area contributed by atoms with Crippen LogP contribution in [-0.2, 0) is 17.8 Å². The van der Waals surface area contributed by atoms with Gasteiger partial charge in [-0.25, -0.2) is 14.3 Å². The molecule has 0 saturated heterocycles. The Labute approximate surface area is 174 Å². The molecule has 0 spiro atoms. The Morgan fingerprint density at radius 2 is 1.90 bits per heavy atom. The number of hydrogen-bond donors (Lipinski definition) is 1. The van der Waals surface area contributed by atoms with Gasteiger partial charge >= 0.3 is 5.97 Å². The van der Waals surface area contributed by atoms with Gasteiger partial charge in [-0.1, -0.05) is 13.0 Å². The summed E-state index contributed by atoms with van der Waals surface area (Å²) in [5.41, 5.74) is 1.83. The number of esters is 1. The fraction of sp³-hybridized carbons (Fsp3) is 0.381. The number of fused-ring (bicyclic) bond motifs is 1. The van der Waals surface area contributed by atoms with Crippen LogP contribution in [0.25, 0.3) is 5.65 Å². The molecule has 0 unspecified atom stereocenters. The zero-order valence-electron chi connectivity index (χ0n) is 17.6. The van der Waals surface area contributed by atoms with Crippen LogP contribution in [0.3, 0.4) is 0 Å². The predicted molar refractivity (Wildman–Crippen MR) is 111 cm³/mol. The van der Waals surface area contributed by atoms with Crippen molar-refractivity contribution in [3.05, 3.63) is 57.6 Å². The van der Waals surface area contributed by atoms with E-state index in [2.05, 4.69) is 15.0 Å². The third-order valence-electron chi connectivity index (χ3n) is 4.73. The van der Waals surface area contributed by atoms with Gasteiger partial charge in [0, 0.05) is 25.4 Å². The van der Waals surface area contributed by atoms with Crippen molar-refractivity contribution in [3.63, 3.8) is 0 Å². The number of hydrogen-bond acceptors (Lipinski definition) is 7. The van der Waals surface area contributed by atoms with Crippen LogP contribution in [0.1, 0.15) is 35.5 Å². The molecule has 0 saturated carbocycles. The maximum absolute atomic E-state index is 12.5. The average molecular weight is 414 g/mol. The number of aromatic nitrogens is 3. The van der Waals surface area contributed by atoms with Crippen LogP contribution in [0.2, 0.25) is 0 Å². The molecule has 0 bridgehead atoms. The van der Waals surface area contributed by atoms with Crippen molar-refractivity contribution in [2.75, 3.05) is 27.4 Å². The Hall–Kier alpha value is -3.33. The third kappa shape index (κ3) is 4.46. The summed E-state index contributed by atoms with van der Waals surface area (Å²) < 4.78 is 16.9. The highest BCUT2D eigenvalue weighted by Crippen LogP contribution is 2.28. The van der Waals surface area contributed by atoms with Crippen LogP contribution in [0.5, 0.6) is 11.5 Å². The number of carbonyl (C=O) groups excluding carboxylic acids is 1. The number of carbonyl (C=O) groups is 1. The quantitative estimate of drug-likeness (QED) is 0.536. The minimum Gasteiger partial charge on any atom is -0.493 e. The van der Waals surface area contributed by atoms with Gasteiger partial charge in [0.1, 0.15) is 5.56 Å². The number of benzene rings is 1. The number of nitrogens with zero attached hydrogens (tertiary/aromatic N) is 3. The molecule has 2 aromatic heterocycles. The van der Waals surface area contributed by atoms with E-state index in [1.165, 1.54) is 16.8 Å². The van der Waals surface area contributed by atoms with E-state index in [-0.39, 0.29) is 23.4 Å². The molecule has 1 N–H and O–H groups in total. The Balaban J connectivity index is 1.85. The first kappa shape index (κ1) is 21.4. The molecule has 0 amide bonds. The van der Waals surface area contributed by atoms with Crippen molar-refractivity contribution in [1.29, 1.82) is 0 Å². The second-order valence-electron chi connectivity index (χ2n) is 6.64. The number of H-pyrrole nitrogens is 1. The van der Waals surface area contributed by atoms with Crippen LogP contribution in [0.4, 0.5) is 0 Å². The maximum atomic E-state index is 12.5. The minimum absolute atomic E-state index is 0.235. The van der Waals surface area contributed by atoms with Gasteiger partial charge in [0.15, 0.2) is 17.1 Å². The smallest absolute Gasteiger partial charge is 0.343 e. The molecule has 0 atom stereocenters. The van der Waals surface area contributed by atoms with Gasteiger partial charge in [-0.3, -0.25) is 14.8 Å². The zero-order chi connectivity index (χ0) is 21.7. The van der Waals surface area contributed by atoms with Gasteiger partial charge in [-0.15, -0.1) is 0 Å². The first-order chi connectivity index (χ1) is 14.5. The van der Waals surface area contributed by atoms with Crippen LogP contribution in [0, 0.1) is 0 Å². The molecular weight excluding hydrogens is 388 g/mol. The number of nitrogens with one attached hydrogen (secondary N) is 1. The highest BCUT2D eigenvalue weighted by Gasteiger charge is 2.17. The SMILES string of the molecule is CCOC(=O)c1c[nH]n2c(=O)cc(CN(CC)Cc3ccc(OC)c(OC)c3)nc12. The maximum Gasteiger partial charge on any atom is 0.343 e. The van der Waals surface area contributed by atoms with Gasteiger partial charge in [0.2, 0.25) is 0 Å². The largest absolute Gasteiger partial charge is 0.493 e. The number of rotatable bonds is 9. The average Bonchev–Trinajstić information content (AvgIpc) is 3.18. The Morgan fingerprint density at radius 1 is 1.13 bits per heavy atom. The molecule has 0 aliphatic carbocycles. The lowest BCUT2D eigenvalue weighted by molar-refractivity contribution is 0.0528. The molecule has 0 aliphatic heterocycles. The number of methoxy groups -OCH3 is 2. The third-order valence-corrected chi connectivity index (χ3v) is 4.73. The molecule has 9 heteroatoms. The Bertz CT molecular complexity index is 1090. The molecule has 30 heavy (non-hydrogen) atoms. The molecule has 0 aliphatic rings. The molecule has 0 radical (unpaired) electrons. The standard InChI is InChI=1S/C21H26N4O5/c1-5-24(12-14-7-8-17(28-3)18(9-14)29-4)13-15-10-19(26)25-20(23-15)16(11-22-25)21(27)30-6-2/h7-11,22H,5-6,12-13H2,1-4H3. The van der Waals surface area contributed by atoms with E-state index in [0.717, 1.165) is 12.1 Å². The topological polar surface area (TPSA) is 98.2 Å². The van der Waals surface area contributed by atoms with Crippen molar-refractivity contribution in [2.45, 2.75) is 26.9 Å². The molecule has 160 valence electrons. The van der Waals surface area contributed by atoms with E-state index in [4.69, 9.17) is 14.2 Å². The van der Waals surface area contributed by atoms with Gasteiger partial charge < -0.3 is 14.2 Å². The lowest BCUT2D eigenvalue weighted by Gasteiger charge is -2.20. The lowest BCUT2D eigenvalue weighted by Crippen LogP contribution is -2.25. The van der Waals surface area contributed by atoms with E-state index in [9.17, 15) is 9.59 Å². The first-order valence-electron chi connectivity index (χ1n) is 9.71. The Kier molecular flexibility index (Phi) is 6.73. The van der Waals surface area contributed by atoms with Gasteiger partial charge in [0.05, 0.1) is 26.5 Å². The van der Waals surface area contributed by atoms with E-state index >= 15 is 0 Å². The van der Waals surface area contributed by atoms with Gasteiger partial charge in [-0.2, -0.15) is 0 Å². The van der Waals surface area contributed by atoms with Crippen molar-refractivity contribution in [1.82, 2.24) is 19.5 Å². The summed E-state index contributed by atoms with van der Waals surface area (Å²) in [7, 11) is 3.20. The number of ether oxygens (including phenoxy) is 3. The number of aromatic amines is 1. The normalized spacial score (nSPS) is 11.1. The Morgan fingerprint density at radius 3 is 2.57 bits per heavy atom. The molecule has 3 rings (SSSR count). The van der Waals surface area contributed by atoms with E-state index in [1.807, 2.05) is 25.1 Å². The van der Waals surface area contributed by atoms with Crippen LogP contribution in [-0.4, -0.2) is 52.8 Å². The first-order valence-corrected chi connectivity index (χ1v) is 9.71. The monoisotopic (exact) mass is 414 g/mol. The van der Waals surface area contributed by atoms with E-state index in [1.54, 1.807) is 21.1 Å². The van der Waals surface area contributed by atoms with Crippen LogP contribution >= 0.6 is 0 Å². The summed E-state index contributed by atoms with van der Waals surface area (Å²) in [5.74, 6) is 0.816. The summed E-state index contributed by atoms with van der Waals surface area (Å²) >= 11 is 0.